The van der Waals surface area contributed by atoms with E-state index in [9.17, 15) is 0 Å². The first kappa shape index (κ1) is 42.8. The van der Waals surface area contributed by atoms with Crippen LogP contribution in [0.25, 0.3) is 22.3 Å². The Morgan fingerprint density at radius 2 is 0.886 bits per heavy atom. The standard InChI is InChI=1S/C70H60/c1-47-25-43-56(44-26-47)70(66-23-10-8-16-60(66)61-17-9-11-24-67(61)70)57-45-41-51(42-46-57)50-37-39-55(40-38-50)69-64-20-6-4-18-62(64)68(63-19-5-7-21-65(63)69)54-35-31-49(32-36-54)28-27-48-29-33-53(34-30-48)59-22-12-14-52-13-2-3-15-58(52)59/h2-29,31,33,35,37,39,41,43-45,52,58,62,64H,30,32,34,36,38,40,42,46H2,1H3. The summed E-state index contributed by atoms with van der Waals surface area (Å²) in [7, 11) is 0. The average molecular weight is 901 g/mol. The number of hydrogen-bond donors (Lipinski definition) is 0. The van der Waals surface area contributed by atoms with E-state index in [0.717, 1.165) is 51.4 Å². The zero-order chi connectivity index (χ0) is 46.6. The Labute approximate surface area is 415 Å². The molecule has 0 nitrogen and oxygen atoms in total. The first-order valence-corrected chi connectivity index (χ1v) is 26.1. The SMILES string of the molecule is Cc1ccc(C2(C3=CC=C(C4=CC=C(C5=c6ccccc6=C(C6=CC=C(C=CC7=CC=C(C8=CC=CC9C=CC=CC89)CC7)CC6)C6C=CC=CC56)CC4)CC3)c3ccccc3-c3ccccc32)cc1. The van der Waals surface area contributed by atoms with Gasteiger partial charge in [-0.05, 0) is 152 Å². The molecule has 9 aliphatic rings. The molecular weight excluding hydrogens is 841 g/mol. The summed E-state index contributed by atoms with van der Waals surface area (Å²) < 4.78 is 0. The van der Waals surface area contributed by atoms with Gasteiger partial charge in [-0.1, -0.05) is 236 Å². The molecule has 0 aliphatic heterocycles. The number of benzene rings is 4. The van der Waals surface area contributed by atoms with Gasteiger partial charge in [-0.25, -0.2) is 0 Å². The fraction of sp³-hybridized carbons (Fsp3) is 0.200. The highest BCUT2D eigenvalue weighted by Crippen LogP contribution is 2.58. The first-order valence-electron chi connectivity index (χ1n) is 26.1. The van der Waals surface area contributed by atoms with Crippen LogP contribution >= 0.6 is 0 Å². The van der Waals surface area contributed by atoms with Crippen LogP contribution in [0, 0.1) is 30.6 Å². The highest BCUT2D eigenvalue weighted by atomic mass is 14.5. The highest BCUT2D eigenvalue weighted by molar-refractivity contribution is 5.86. The van der Waals surface area contributed by atoms with Crippen LogP contribution in [-0.4, -0.2) is 0 Å². The minimum absolute atomic E-state index is 0.295. The number of hydrogen-bond acceptors (Lipinski definition) is 0. The van der Waals surface area contributed by atoms with Crippen molar-refractivity contribution in [2.75, 3.05) is 0 Å². The average Bonchev–Trinajstić information content (AvgIpc) is 3.73. The molecule has 0 saturated heterocycles. The third-order valence-electron chi connectivity index (χ3n) is 17.0. The van der Waals surface area contributed by atoms with Gasteiger partial charge >= 0.3 is 0 Å². The van der Waals surface area contributed by atoms with Crippen LogP contribution in [0.2, 0.25) is 0 Å². The van der Waals surface area contributed by atoms with Crippen molar-refractivity contribution in [3.05, 3.63) is 308 Å². The molecular formula is C70H60. The van der Waals surface area contributed by atoms with Crippen LogP contribution < -0.4 is 10.4 Å². The molecule has 0 heteroatoms. The van der Waals surface area contributed by atoms with Gasteiger partial charge in [0.2, 0.25) is 0 Å². The van der Waals surface area contributed by atoms with Crippen LogP contribution in [0.4, 0.5) is 0 Å². The number of fused-ring (bicyclic) bond motifs is 6. The van der Waals surface area contributed by atoms with Gasteiger partial charge in [-0.2, -0.15) is 0 Å². The summed E-state index contributed by atoms with van der Waals surface area (Å²) in [6.07, 6.45) is 58.4. The quantitative estimate of drug-likeness (QED) is 0.165. The van der Waals surface area contributed by atoms with Gasteiger partial charge in [0.15, 0.2) is 0 Å². The Hall–Kier alpha value is -7.28. The molecule has 0 heterocycles. The molecule has 0 radical (unpaired) electrons. The molecule has 0 bridgehead atoms. The maximum atomic E-state index is 2.50. The lowest BCUT2D eigenvalue weighted by Gasteiger charge is -2.37. The Kier molecular flexibility index (Phi) is 10.9. The molecule has 0 aromatic heterocycles. The molecule has 0 amide bonds. The molecule has 340 valence electrons. The minimum atomic E-state index is -0.295. The van der Waals surface area contributed by atoms with Crippen LogP contribution in [-0.2, 0) is 5.41 Å². The molecule has 4 unspecified atom stereocenters. The summed E-state index contributed by atoms with van der Waals surface area (Å²) in [6, 6.07) is 36.9. The van der Waals surface area contributed by atoms with E-state index in [-0.39, 0.29) is 5.41 Å². The monoisotopic (exact) mass is 900 g/mol. The summed E-state index contributed by atoms with van der Waals surface area (Å²) in [4.78, 5) is 0. The van der Waals surface area contributed by atoms with Crippen molar-refractivity contribution < 1.29 is 0 Å². The van der Waals surface area contributed by atoms with Crippen LogP contribution in [0.15, 0.2) is 275 Å². The molecule has 0 N–H and O–H groups in total. The molecule has 4 atom stereocenters. The van der Waals surface area contributed by atoms with Crippen LogP contribution in [0.5, 0.6) is 0 Å². The van der Waals surface area contributed by atoms with E-state index in [1.54, 1.807) is 0 Å². The second-order valence-electron chi connectivity index (χ2n) is 20.7. The summed E-state index contributed by atoms with van der Waals surface area (Å²) >= 11 is 0. The molecule has 13 rings (SSSR count). The Morgan fingerprint density at radius 3 is 1.46 bits per heavy atom. The topological polar surface area (TPSA) is 0 Å². The predicted octanol–water partition coefficient (Wildman–Crippen LogP) is 15.7. The van der Waals surface area contributed by atoms with Gasteiger partial charge in [-0.15, -0.1) is 0 Å². The van der Waals surface area contributed by atoms with Gasteiger partial charge in [0.1, 0.15) is 0 Å². The van der Waals surface area contributed by atoms with Crippen LogP contribution in [0.3, 0.4) is 0 Å². The lowest BCUT2D eigenvalue weighted by molar-refractivity contribution is 0.622. The van der Waals surface area contributed by atoms with Crippen molar-refractivity contribution in [1.82, 2.24) is 0 Å². The van der Waals surface area contributed by atoms with E-state index in [0.29, 0.717) is 23.7 Å². The van der Waals surface area contributed by atoms with Gasteiger partial charge in [0.05, 0.1) is 5.41 Å². The summed E-state index contributed by atoms with van der Waals surface area (Å²) in [5.74, 6) is 1.61. The summed E-state index contributed by atoms with van der Waals surface area (Å²) in [6.45, 7) is 2.19. The zero-order valence-electron chi connectivity index (χ0n) is 40.3. The maximum Gasteiger partial charge on any atom is 0.0676 e. The second-order valence-corrected chi connectivity index (χ2v) is 20.7. The van der Waals surface area contributed by atoms with Crippen molar-refractivity contribution in [2.24, 2.45) is 23.7 Å². The largest absolute Gasteiger partial charge is 0.0767 e. The van der Waals surface area contributed by atoms with E-state index < -0.39 is 0 Å². The van der Waals surface area contributed by atoms with Crippen molar-refractivity contribution >= 4 is 11.1 Å². The number of allylic oxidation sites excluding steroid dienone is 30. The lowest BCUT2D eigenvalue weighted by Crippen LogP contribution is -2.40. The molecule has 9 aliphatic carbocycles. The molecule has 0 saturated carbocycles. The number of rotatable bonds is 8. The van der Waals surface area contributed by atoms with Crippen molar-refractivity contribution in [1.29, 1.82) is 0 Å². The molecule has 0 spiro atoms. The van der Waals surface area contributed by atoms with Gasteiger partial charge in [-0.3, -0.25) is 0 Å². The Balaban J connectivity index is 0.797. The normalized spacial score (nSPS) is 24.7. The zero-order valence-corrected chi connectivity index (χ0v) is 40.3. The Morgan fingerprint density at radius 1 is 0.400 bits per heavy atom. The molecule has 4 aromatic rings. The lowest BCUT2D eigenvalue weighted by atomic mass is 9.64. The minimum Gasteiger partial charge on any atom is -0.0767 e. The van der Waals surface area contributed by atoms with E-state index in [1.165, 1.54) is 105 Å². The smallest absolute Gasteiger partial charge is 0.0676 e. The van der Waals surface area contributed by atoms with Crippen molar-refractivity contribution in [3.8, 4) is 11.1 Å². The van der Waals surface area contributed by atoms with E-state index in [4.69, 9.17) is 0 Å². The molecule has 70 heavy (non-hydrogen) atoms. The molecule has 0 fully saturated rings. The van der Waals surface area contributed by atoms with E-state index in [2.05, 4.69) is 232 Å². The molecule has 4 aromatic carbocycles. The third-order valence-corrected chi connectivity index (χ3v) is 17.0. The van der Waals surface area contributed by atoms with E-state index in [1.807, 2.05) is 0 Å². The van der Waals surface area contributed by atoms with Gasteiger partial charge in [0, 0.05) is 23.7 Å². The summed E-state index contributed by atoms with van der Waals surface area (Å²) in [5, 5.41) is 2.84. The van der Waals surface area contributed by atoms with Crippen molar-refractivity contribution in [3.63, 3.8) is 0 Å². The fourth-order valence-electron chi connectivity index (χ4n) is 13.6. The summed E-state index contributed by atoms with van der Waals surface area (Å²) in [5.41, 5.74) is 24.3. The van der Waals surface area contributed by atoms with E-state index >= 15 is 0 Å². The fourth-order valence-corrected chi connectivity index (χ4v) is 13.6. The maximum absolute atomic E-state index is 2.50. The third kappa shape index (κ3) is 7.26. The first-order chi connectivity index (χ1) is 34.6. The Bertz CT molecular complexity index is 3430. The van der Waals surface area contributed by atoms with Crippen LogP contribution in [0.1, 0.15) is 73.6 Å². The second kappa shape index (κ2) is 17.9. The van der Waals surface area contributed by atoms with Gasteiger partial charge in [0.25, 0.3) is 0 Å². The van der Waals surface area contributed by atoms with Crippen molar-refractivity contribution in [2.45, 2.75) is 63.7 Å². The predicted molar refractivity (Wildman–Crippen MR) is 294 cm³/mol. The number of aryl methyl sites for hydroxylation is 1. The highest BCUT2D eigenvalue weighted by Gasteiger charge is 2.47. The van der Waals surface area contributed by atoms with Gasteiger partial charge < -0.3 is 0 Å².